The van der Waals surface area contributed by atoms with E-state index in [1.165, 1.54) is 11.8 Å². The number of nitrogens with zero attached hydrogens (tertiary/aromatic N) is 3. The van der Waals surface area contributed by atoms with Crippen molar-refractivity contribution < 1.29 is 13.9 Å². The fourth-order valence-corrected chi connectivity index (χ4v) is 3.63. The van der Waals surface area contributed by atoms with Crippen LogP contribution in [-0.2, 0) is 30.2 Å². The Balaban J connectivity index is 1.70. The van der Waals surface area contributed by atoms with E-state index in [1.807, 2.05) is 34.9 Å². The SMILES string of the molecule is C=CCn1c(COC)nnc1SCc1ccccc1C(=O)NCc1ccco1. The standard InChI is InChI=1S/C20H22N4O3S/c1-3-10-24-18(13-26-2)22-23-20(24)28-14-15-7-4-5-9-17(15)19(25)21-12-16-8-6-11-27-16/h3-9,11H,1,10,12-14H2,2H3,(H,21,25). The number of thioether (sulfide) groups is 1. The van der Waals surface area contributed by atoms with Gasteiger partial charge in [-0.05, 0) is 23.8 Å². The van der Waals surface area contributed by atoms with Crippen molar-refractivity contribution in [1.82, 2.24) is 20.1 Å². The lowest BCUT2D eigenvalue weighted by atomic mass is 10.1. The predicted molar refractivity (Wildman–Crippen MR) is 107 cm³/mol. The van der Waals surface area contributed by atoms with Crippen LogP contribution in [0.3, 0.4) is 0 Å². The molecule has 0 atom stereocenters. The molecule has 0 fully saturated rings. The third-order valence-corrected chi connectivity index (χ3v) is 5.02. The van der Waals surface area contributed by atoms with Gasteiger partial charge in [-0.25, -0.2) is 0 Å². The van der Waals surface area contributed by atoms with Gasteiger partial charge in [-0.3, -0.25) is 4.79 Å². The second-order valence-electron chi connectivity index (χ2n) is 5.94. The molecule has 3 rings (SSSR count). The van der Waals surface area contributed by atoms with Crippen LogP contribution in [0.15, 0.2) is 64.9 Å². The van der Waals surface area contributed by atoms with Gasteiger partial charge >= 0.3 is 0 Å². The Morgan fingerprint density at radius 3 is 2.93 bits per heavy atom. The fourth-order valence-electron chi connectivity index (χ4n) is 2.66. The van der Waals surface area contributed by atoms with Crippen LogP contribution < -0.4 is 5.32 Å². The van der Waals surface area contributed by atoms with Crippen molar-refractivity contribution in [3.63, 3.8) is 0 Å². The van der Waals surface area contributed by atoms with Crippen molar-refractivity contribution in [1.29, 1.82) is 0 Å². The van der Waals surface area contributed by atoms with Crippen molar-refractivity contribution in [3.05, 3.63) is 78.0 Å². The highest BCUT2D eigenvalue weighted by Crippen LogP contribution is 2.24. The minimum atomic E-state index is -0.139. The Kier molecular flexibility index (Phi) is 7.05. The molecule has 1 amide bonds. The van der Waals surface area contributed by atoms with Gasteiger partial charge in [-0.1, -0.05) is 36.0 Å². The van der Waals surface area contributed by atoms with E-state index in [9.17, 15) is 4.79 Å². The van der Waals surface area contributed by atoms with Gasteiger partial charge in [0, 0.05) is 25.0 Å². The Hall–Kier alpha value is -2.84. The highest BCUT2D eigenvalue weighted by atomic mass is 32.2. The number of ether oxygens (including phenoxy) is 1. The van der Waals surface area contributed by atoms with Crippen molar-refractivity contribution in [2.75, 3.05) is 7.11 Å². The van der Waals surface area contributed by atoms with E-state index >= 15 is 0 Å². The third-order valence-electron chi connectivity index (χ3n) is 4.00. The molecular formula is C20H22N4O3S. The van der Waals surface area contributed by atoms with Crippen molar-refractivity contribution >= 4 is 17.7 Å². The molecule has 3 aromatic rings. The summed E-state index contributed by atoms with van der Waals surface area (Å²) in [4.78, 5) is 12.6. The lowest BCUT2D eigenvalue weighted by molar-refractivity contribution is 0.0947. The van der Waals surface area contributed by atoms with Gasteiger partial charge in [0.2, 0.25) is 0 Å². The van der Waals surface area contributed by atoms with Gasteiger partial charge < -0.3 is 19.0 Å². The molecule has 28 heavy (non-hydrogen) atoms. The van der Waals surface area contributed by atoms with Crippen LogP contribution in [0.2, 0.25) is 0 Å². The first-order valence-electron chi connectivity index (χ1n) is 8.76. The normalized spacial score (nSPS) is 10.8. The van der Waals surface area contributed by atoms with E-state index in [2.05, 4.69) is 22.1 Å². The summed E-state index contributed by atoms with van der Waals surface area (Å²) >= 11 is 1.52. The summed E-state index contributed by atoms with van der Waals surface area (Å²) in [6.07, 6.45) is 3.38. The van der Waals surface area contributed by atoms with Crippen LogP contribution in [0.1, 0.15) is 27.5 Å². The predicted octanol–water partition coefficient (Wildman–Crippen LogP) is 3.43. The third kappa shape index (κ3) is 4.90. The Morgan fingerprint density at radius 2 is 2.18 bits per heavy atom. The van der Waals surface area contributed by atoms with Crippen molar-refractivity contribution in [3.8, 4) is 0 Å². The molecule has 0 unspecified atom stereocenters. The second kappa shape index (κ2) is 9.91. The highest BCUT2D eigenvalue weighted by Gasteiger charge is 2.15. The molecule has 0 aliphatic carbocycles. The number of benzene rings is 1. The van der Waals surface area contributed by atoms with Gasteiger partial charge in [0.05, 0.1) is 12.8 Å². The molecule has 0 saturated heterocycles. The molecule has 0 bridgehead atoms. The molecule has 0 saturated carbocycles. The molecule has 8 heteroatoms. The van der Waals surface area contributed by atoms with E-state index in [4.69, 9.17) is 9.15 Å². The number of amides is 1. The van der Waals surface area contributed by atoms with E-state index in [0.29, 0.717) is 36.8 Å². The fraction of sp³-hybridized carbons (Fsp3) is 0.250. The lowest BCUT2D eigenvalue weighted by Gasteiger charge is -2.10. The smallest absolute Gasteiger partial charge is 0.251 e. The van der Waals surface area contributed by atoms with Crippen LogP contribution in [0.5, 0.6) is 0 Å². The molecule has 2 heterocycles. The van der Waals surface area contributed by atoms with E-state index < -0.39 is 0 Å². The van der Waals surface area contributed by atoms with Gasteiger partial charge in [0.25, 0.3) is 5.91 Å². The van der Waals surface area contributed by atoms with E-state index in [-0.39, 0.29) is 5.91 Å². The minimum Gasteiger partial charge on any atom is -0.467 e. The van der Waals surface area contributed by atoms with Crippen LogP contribution in [0.4, 0.5) is 0 Å². The second-order valence-corrected chi connectivity index (χ2v) is 6.88. The van der Waals surface area contributed by atoms with Gasteiger partial charge in [0.15, 0.2) is 11.0 Å². The minimum absolute atomic E-state index is 0.139. The highest BCUT2D eigenvalue weighted by molar-refractivity contribution is 7.98. The van der Waals surface area contributed by atoms with Gasteiger partial charge in [0.1, 0.15) is 12.4 Å². The summed E-state index contributed by atoms with van der Waals surface area (Å²) in [6.45, 7) is 5.12. The molecule has 1 aromatic carbocycles. The van der Waals surface area contributed by atoms with Crippen LogP contribution >= 0.6 is 11.8 Å². The van der Waals surface area contributed by atoms with Gasteiger partial charge in [-0.15, -0.1) is 16.8 Å². The van der Waals surface area contributed by atoms with Crippen LogP contribution in [-0.4, -0.2) is 27.8 Å². The molecule has 0 aliphatic rings. The number of rotatable bonds is 10. The summed E-state index contributed by atoms with van der Waals surface area (Å²) in [5, 5.41) is 12.1. The summed E-state index contributed by atoms with van der Waals surface area (Å²) < 4.78 is 12.4. The van der Waals surface area contributed by atoms with Crippen molar-refractivity contribution in [2.24, 2.45) is 0 Å². The number of aromatic nitrogens is 3. The zero-order chi connectivity index (χ0) is 19.8. The number of furan rings is 1. The Labute approximate surface area is 167 Å². The Bertz CT molecular complexity index is 921. The Morgan fingerprint density at radius 1 is 1.32 bits per heavy atom. The molecule has 0 radical (unpaired) electrons. The number of allylic oxidation sites excluding steroid dienone is 1. The summed E-state index contributed by atoms with van der Waals surface area (Å²) in [7, 11) is 1.62. The molecule has 0 aliphatic heterocycles. The molecule has 0 spiro atoms. The maximum absolute atomic E-state index is 12.6. The molecule has 146 valence electrons. The zero-order valence-electron chi connectivity index (χ0n) is 15.6. The van der Waals surface area contributed by atoms with E-state index in [0.717, 1.165) is 16.5 Å². The number of carbonyl (C=O) groups is 1. The number of nitrogens with one attached hydrogen (secondary N) is 1. The first-order valence-corrected chi connectivity index (χ1v) is 9.74. The number of hydrogen-bond donors (Lipinski definition) is 1. The van der Waals surface area contributed by atoms with Crippen molar-refractivity contribution in [2.45, 2.75) is 30.6 Å². The first-order chi connectivity index (χ1) is 13.7. The monoisotopic (exact) mass is 398 g/mol. The maximum atomic E-state index is 12.6. The largest absolute Gasteiger partial charge is 0.467 e. The van der Waals surface area contributed by atoms with E-state index in [1.54, 1.807) is 25.5 Å². The maximum Gasteiger partial charge on any atom is 0.251 e. The average Bonchev–Trinajstić information content (AvgIpc) is 3.36. The van der Waals surface area contributed by atoms with Crippen LogP contribution in [0, 0.1) is 0 Å². The summed E-state index contributed by atoms with van der Waals surface area (Å²) in [5.41, 5.74) is 1.55. The summed E-state index contributed by atoms with van der Waals surface area (Å²) in [6, 6.07) is 11.2. The molecule has 2 aromatic heterocycles. The quantitative estimate of drug-likeness (QED) is 0.416. The number of carbonyl (C=O) groups excluding carboxylic acids is 1. The zero-order valence-corrected chi connectivity index (χ0v) is 16.4. The molecule has 1 N–H and O–H groups in total. The lowest BCUT2D eigenvalue weighted by Crippen LogP contribution is -2.23. The number of methoxy groups -OCH3 is 1. The number of hydrogen-bond acceptors (Lipinski definition) is 6. The van der Waals surface area contributed by atoms with Crippen LogP contribution in [0.25, 0.3) is 0 Å². The topological polar surface area (TPSA) is 82.2 Å². The first kappa shape index (κ1) is 19.9. The average molecular weight is 398 g/mol. The summed E-state index contributed by atoms with van der Waals surface area (Å²) in [5.74, 6) is 1.91. The van der Waals surface area contributed by atoms with Gasteiger partial charge in [-0.2, -0.15) is 0 Å². The molecular weight excluding hydrogens is 376 g/mol. The molecule has 7 nitrogen and oxygen atoms in total.